The third-order valence-corrected chi connectivity index (χ3v) is 6.33. The normalized spacial score (nSPS) is 23.4. The molecular weight excluding hydrogens is 409 g/mol. The first-order valence-electron chi connectivity index (χ1n) is 10.7. The third-order valence-electron chi connectivity index (χ3n) is 6.33. The molecule has 2 amide bonds. The molecule has 2 aliphatic rings. The van der Waals surface area contributed by atoms with Crippen LogP contribution in [0.4, 0.5) is 23.7 Å². The first-order valence-corrected chi connectivity index (χ1v) is 10.7. The zero-order valence-electron chi connectivity index (χ0n) is 18.0. The molecule has 31 heavy (non-hydrogen) atoms. The molecule has 170 valence electrons. The maximum absolute atomic E-state index is 13.4. The number of anilines is 1. The molecule has 2 heterocycles. The number of fused-ring (bicyclic) bond motifs is 1. The van der Waals surface area contributed by atoms with Crippen molar-refractivity contribution in [3.63, 3.8) is 0 Å². The van der Waals surface area contributed by atoms with Gasteiger partial charge in [-0.15, -0.1) is 0 Å². The Balaban J connectivity index is 1.84. The van der Waals surface area contributed by atoms with Crippen molar-refractivity contribution in [1.82, 2.24) is 10.2 Å². The maximum atomic E-state index is 13.4. The lowest BCUT2D eigenvalue weighted by Gasteiger charge is -2.43. The Morgan fingerprint density at radius 2 is 2.13 bits per heavy atom. The summed E-state index contributed by atoms with van der Waals surface area (Å²) >= 11 is 0. The number of carbonyl (C=O) groups is 1. The van der Waals surface area contributed by atoms with Crippen LogP contribution < -0.4 is 10.2 Å². The van der Waals surface area contributed by atoms with Gasteiger partial charge in [0.05, 0.1) is 23.8 Å². The predicted octanol–water partition coefficient (Wildman–Crippen LogP) is 3.86. The first-order chi connectivity index (χ1) is 14.7. The number of carbonyl (C=O) groups excluding carboxylic acids is 1. The van der Waals surface area contributed by atoms with Crippen molar-refractivity contribution in [3.8, 4) is 6.07 Å². The van der Waals surface area contributed by atoms with Crippen LogP contribution >= 0.6 is 0 Å². The van der Waals surface area contributed by atoms with Gasteiger partial charge >= 0.3 is 12.2 Å². The maximum Gasteiger partial charge on any atom is 0.417 e. The number of hydrogen-bond donors (Lipinski definition) is 1. The number of halogens is 3. The fourth-order valence-electron chi connectivity index (χ4n) is 4.61. The van der Waals surface area contributed by atoms with Crippen molar-refractivity contribution in [3.05, 3.63) is 29.3 Å². The van der Waals surface area contributed by atoms with Crippen molar-refractivity contribution in [2.75, 3.05) is 50.8 Å². The minimum absolute atomic E-state index is 0.0881. The van der Waals surface area contributed by atoms with Gasteiger partial charge in [0.15, 0.2) is 0 Å². The van der Waals surface area contributed by atoms with Gasteiger partial charge in [0.2, 0.25) is 0 Å². The van der Waals surface area contributed by atoms with Gasteiger partial charge in [-0.1, -0.05) is 6.92 Å². The summed E-state index contributed by atoms with van der Waals surface area (Å²) in [5.41, 5.74) is -1.07. The van der Waals surface area contributed by atoms with Gasteiger partial charge in [-0.05, 0) is 38.0 Å². The first kappa shape index (κ1) is 23.2. The molecule has 1 N–H and O–H groups in total. The molecule has 1 aromatic rings. The number of nitriles is 1. The van der Waals surface area contributed by atoms with Crippen LogP contribution in [0.1, 0.15) is 37.8 Å². The van der Waals surface area contributed by atoms with Gasteiger partial charge < -0.3 is 19.9 Å². The van der Waals surface area contributed by atoms with Crippen molar-refractivity contribution in [2.24, 2.45) is 11.3 Å². The minimum atomic E-state index is -4.59. The number of likely N-dealkylation sites (tertiary alicyclic amines) is 1. The van der Waals surface area contributed by atoms with Gasteiger partial charge in [0.1, 0.15) is 0 Å². The standard InChI is InChI=1S/C22H29F3N4O2/c1-3-8-27-20(30)28-9-7-21(15-31-4-2)14-29(13-17(21)12-28)18-6-5-16(11-26)19(10-18)22(23,24)25/h5-6,10,17H,3-4,7-9,12-15H2,1-2H3,(H,27,30). The number of ether oxygens (including phenoxy) is 1. The number of alkyl halides is 3. The second kappa shape index (κ2) is 9.35. The molecule has 0 saturated carbocycles. The van der Waals surface area contributed by atoms with E-state index in [0.29, 0.717) is 51.6 Å². The van der Waals surface area contributed by atoms with Crippen LogP contribution in [0.15, 0.2) is 18.2 Å². The average molecular weight is 438 g/mol. The van der Waals surface area contributed by atoms with Gasteiger partial charge in [0.25, 0.3) is 0 Å². The molecule has 2 fully saturated rings. The van der Waals surface area contributed by atoms with Crippen LogP contribution in [0.2, 0.25) is 0 Å². The van der Waals surface area contributed by atoms with Gasteiger partial charge in [-0.2, -0.15) is 18.4 Å². The summed E-state index contributed by atoms with van der Waals surface area (Å²) in [5, 5.41) is 12.0. The zero-order valence-corrected chi connectivity index (χ0v) is 18.0. The van der Waals surface area contributed by atoms with E-state index >= 15 is 0 Å². The molecule has 0 spiro atoms. The molecule has 2 atom stereocenters. The highest BCUT2D eigenvalue weighted by molar-refractivity contribution is 5.74. The lowest BCUT2D eigenvalue weighted by Crippen LogP contribution is -2.53. The Morgan fingerprint density at radius 1 is 1.35 bits per heavy atom. The minimum Gasteiger partial charge on any atom is -0.381 e. The Bertz CT molecular complexity index is 839. The molecular formula is C22H29F3N4O2. The van der Waals surface area contributed by atoms with Crippen LogP contribution in [-0.2, 0) is 10.9 Å². The number of urea groups is 1. The highest BCUT2D eigenvalue weighted by Gasteiger charge is 2.50. The molecule has 6 nitrogen and oxygen atoms in total. The van der Waals surface area contributed by atoms with Crippen LogP contribution in [0, 0.1) is 22.7 Å². The van der Waals surface area contributed by atoms with Crippen LogP contribution in [0.3, 0.4) is 0 Å². The predicted molar refractivity (Wildman–Crippen MR) is 111 cm³/mol. The van der Waals surface area contributed by atoms with Crippen molar-refractivity contribution >= 4 is 11.7 Å². The molecule has 1 aromatic carbocycles. The summed E-state index contributed by atoms with van der Waals surface area (Å²) in [4.78, 5) is 16.2. The SMILES string of the molecule is CCCNC(=O)N1CCC2(COCC)CN(c3ccc(C#N)c(C(F)(F)F)c3)CC2C1. The van der Waals surface area contributed by atoms with Crippen LogP contribution in [0.5, 0.6) is 0 Å². The monoisotopic (exact) mass is 438 g/mol. The van der Waals surface area contributed by atoms with Crippen LogP contribution in [0.25, 0.3) is 0 Å². The summed E-state index contributed by atoms with van der Waals surface area (Å²) < 4.78 is 46.1. The molecule has 2 unspecified atom stereocenters. The molecule has 2 aliphatic heterocycles. The van der Waals surface area contributed by atoms with Crippen LogP contribution in [-0.4, -0.2) is 56.9 Å². The fraction of sp³-hybridized carbons (Fsp3) is 0.636. The van der Waals surface area contributed by atoms with Crippen molar-refractivity contribution in [2.45, 2.75) is 32.9 Å². The van der Waals surface area contributed by atoms with E-state index in [2.05, 4.69) is 5.32 Å². The molecule has 0 radical (unpaired) electrons. The van der Waals surface area contributed by atoms with E-state index in [1.165, 1.54) is 6.07 Å². The summed E-state index contributed by atoms with van der Waals surface area (Å²) in [6, 6.07) is 5.41. The van der Waals surface area contributed by atoms with E-state index in [4.69, 9.17) is 10.00 Å². The van der Waals surface area contributed by atoms with Crippen molar-refractivity contribution < 1.29 is 22.7 Å². The Kier molecular flexibility index (Phi) is 6.99. The number of piperidine rings is 1. The smallest absolute Gasteiger partial charge is 0.381 e. The van der Waals surface area contributed by atoms with Gasteiger partial charge in [0, 0.05) is 56.4 Å². The zero-order chi connectivity index (χ0) is 22.6. The average Bonchev–Trinajstić information content (AvgIpc) is 3.13. The Labute approximate surface area is 180 Å². The Hall–Kier alpha value is -2.47. The Morgan fingerprint density at radius 3 is 2.77 bits per heavy atom. The molecule has 9 heteroatoms. The second-order valence-electron chi connectivity index (χ2n) is 8.34. The summed E-state index contributed by atoms with van der Waals surface area (Å²) in [6.07, 6.45) is -3.01. The lowest BCUT2D eigenvalue weighted by molar-refractivity contribution is -0.137. The van der Waals surface area contributed by atoms with E-state index in [1.54, 1.807) is 17.0 Å². The highest BCUT2D eigenvalue weighted by Crippen LogP contribution is 2.45. The molecule has 0 bridgehead atoms. The van der Waals surface area contributed by atoms with E-state index in [-0.39, 0.29) is 22.9 Å². The number of rotatable bonds is 6. The largest absolute Gasteiger partial charge is 0.417 e. The number of hydrogen-bond acceptors (Lipinski definition) is 4. The summed E-state index contributed by atoms with van der Waals surface area (Å²) in [5.74, 6) is 0.0881. The van der Waals surface area contributed by atoms with E-state index in [9.17, 15) is 18.0 Å². The summed E-state index contributed by atoms with van der Waals surface area (Å²) in [7, 11) is 0. The highest BCUT2D eigenvalue weighted by atomic mass is 19.4. The van der Waals surface area contributed by atoms with E-state index in [1.807, 2.05) is 18.7 Å². The van der Waals surface area contributed by atoms with Crippen molar-refractivity contribution in [1.29, 1.82) is 5.26 Å². The quantitative estimate of drug-likeness (QED) is 0.732. The van der Waals surface area contributed by atoms with E-state index < -0.39 is 11.7 Å². The van der Waals surface area contributed by atoms with Gasteiger partial charge in [-0.25, -0.2) is 4.79 Å². The number of amides is 2. The second-order valence-corrected chi connectivity index (χ2v) is 8.34. The molecule has 3 rings (SSSR count). The fourth-order valence-corrected chi connectivity index (χ4v) is 4.61. The molecule has 2 saturated heterocycles. The van der Waals surface area contributed by atoms with Gasteiger partial charge in [-0.3, -0.25) is 0 Å². The number of nitrogens with one attached hydrogen (secondary N) is 1. The number of benzene rings is 1. The van der Waals surface area contributed by atoms with E-state index in [0.717, 1.165) is 18.9 Å². The molecule has 0 aliphatic carbocycles. The topological polar surface area (TPSA) is 68.6 Å². The third kappa shape index (κ3) is 4.90. The molecule has 0 aromatic heterocycles. The summed E-state index contributed by atoms with van der Waals surface area (Å²) in [6.45, 7) is 7.82. The number of nitrogens with zero attached hydrogens (tertiary/aromatic N) is 3. The lowest BCUT2D eigenvalue weighted by atomic mass is 9.73.